The van der Waals surface area contributed by atoms with Gasteiger partial charge in [0.1, 0.15) is 29.4 Å². The molecule has 0 aliphatic carbocycles. The van der Waals surface area contributed by atoms with E-state index in [1.165, 1.54) is 10.8 Å². The van der Waals surface area contributed by atoms with Gasteiger partial charge in [0.25, 0.3) is 11.8 Å². The number of carbonyl (C=O) groups is 4. The second-order valence-corrected chi connectivity index (χ2v) is 12.3. The van der Waals surface area contributed by atoms with Crippen molar-refractivity contribution < 1.29 is 51.9 Å². The van der Waals surface area contributed by atoms with Gasteiger partial charge in [-0.15, -0.1) is 22.7 Å². The van der Waals surface area contributed by atoms with E-state index in [9.17, 15) is 47.2 Å². The molecule has 2 atom stereocenters. The Morgan fingerprint density at radius 3 is 2.48 bits per heavy atom. The summed E-state index contributed by atoms with van der Waals surface area (Å²) in [5.41, 5.74) is 2.14. The van der Waals surface area contributed by atoms with Crippen molar-refractivity contribution in [3.05, 3.63) is 44.6 Å². The van der Waals surface area contributed by atoms with E-state index in [1.54, 1.807) is 0 Å². The van der Waals surface area contributed by atoms with Crippen LogP contribution in [0.1, 0.15) is 30.0 Å². The van der Waals surface area contributed by atoms with E-state index in [-0.39, 0.29) is 31.5 Å². The molecule has 0 unspecified atom stereocenters. The van der Waals surface area contributed by atoms with Crippen molar-refractivity contribution in [2.45, 2.75) is 31.5 Å². The highest BCUT2D eigenvalue weighted by Crippen LogP contribution is 2.26. The molecular formula is C22H21N7O12S3. The van der Waals surface area contributed by atoms with Crippen molar-refractivity contribution in [1.29, 1.82) is 0 Å². The van der Waals surface area contributed by atoms with Crippen molar-refractivity contribution >= 4 is 67.6 Å². The highest BCUT2D eigenvalue weighted by Gasteiger charge is 2.55. The first-order valence-corrected chi connectivity index (χ1v) is 15.0. The number of anilines is 1. The number of hydrogen-bond acceptors (Lipinski definition) is 16. The summed E-state index contributed by atoms with van der Waals surface area (Å²) < 4.78 is 38.3. The molecule has 2 amide bonds. The number of oxime groups is 1. The molecule has 0 saturated carbocycles. The van der Waals surface area contributed by atoms with Crippen LogP contribution in [0, 0.1) is 0 Å². The lowest BCUT2D eigenvalue weighted by atomic mass is 9.99. The zero-order valence-corrected chi connectivity index (χ0v) is 24.7. The minimum absolute atomic E-state index is 0.00187. The number of carbonyl (C=O) groups excluding carboxylic acids is 3. The number of rotatable bonds is 11. The van der Waals surface area contributed by atoms with Crippen LogP contribution in [0.3, 0.4) is 0 Å². The van der Waals surface area contributed by atoms with Gasteiger partial charge in [0.15, 0.2) is 22.3 Å². The van der Waals surface area contributed by atoms with E-state index < -0.39 is 75.2 Å². The largest absolute Gasteiger partial charge is 0.503 e. The summed E-state index contributed by atoms with van der Waals surface area (Å²) in [5.74, 6) is -5.51. The SMILES string of the molecule is CC(C)(ON=C(C(=O)N[C@@H]1C(=O)N(S(=O)(=O)O)[C@@H]1COC(=O)c1csc(-c2cc(=O)c(O)c[nH]2)n1)c1csc(N)n1)C(=O)O. The van der Waals surface area contributed by atoms with Crippen molar-refractivity contribution in [2.24, 2.45) is 5.16 Å². The molecule has 0 spiro atoms. The quantitative estimate of drug-likeness (QED) is 0.0477. The second-order valence-electron chi connectivity index (χ2n) is 9.28. The Bertz CT molecular complexity index is 1850. The fourth-order valence-electron chi connectivity index (χ4n) is 3.45. The third-order valence-electron chi connectivity index (χ3n) is 5.79. The molecule has 0 radical (unpaired) electrons. The Morgan fingerprint density at radius 2 is 1.89 bits per heavy atom. The van der Waals surface area contributed by atoms with Crippen LogP contribution >= 0.6 is 22.7 Å². The third-order valence-corrected chi connectivity index (χ3v) is 8.28. The van der Waals surface area contributed by atoms with E-state index in [2.05, 4.69) is 25.4 Å². The predicted molar refractivity (Wildman–Crippen MR) is 150 cm³/mol. The number of nitrogen functional groups attached to an aromatic ring is 1. The number of thiazole rings is 2. The van der Waals surface area contributed by atoms with Crippen molar-refractivity contribution in [3.8, 4) is 16.5 Å². The summed E-state index contributed by atoms with van der Waals surface area (Å²) in [4.78, 5) is 77.0. The molecule has 44 heavy (non-hydrogen) atoms. The number of β-lactam (4-membered cyclic amide) rings is 1. The van der Waals surface area contributed by atoms with Gasteiger partial charge in [-0.3, -0.25) is 18.9 Å². The van der Waals surface area contributed by atoms with Crippen LogP contribution in [-0.4, -0.2) is 96.2 Å². The van der Waals surface area contributed by atoms with Crippen LogP contribution < -0.4 is 16.5 Å². The monoisotopic (exact) mass is 671 g/mol. The lowest BCUT2D eigenvalue weighted by Crippen LogP contribution is -2.73. The van der Waals surface area contributed by atoms with Crippen molar-refractivity contribution in [3.63, 3.8) is 0 Å². The number of hydrogen-bond donors (Lipinski definition) is 6. The molecule has 234 valence electrons. The molecule has 3 aromatic heterocycles. The van der Waals surface area contributed by atoms with Crippen molar-refractivity contribution in [1.82, 2.24) is 24.6 Å². The Kier molecular flexibility index (Phi) is 8.71. The van der Waals surface area contributed by atoms with Gasteiger partial charge in [-0.1, -0.05) is 5.16 Å². The third kappa shape index (κ3) is 6.66. The van der Waals surface area contributed by atoms with Gasteiger partial charge in [0.05, 0.1) is 5.69 Å². The van der Waals surface area contributed by atoms with Gasteiger partial charge in [-0.25, -0.2) is 23.9 Å². The number of aromatic amines is 1. The molecule has 0 aromatic carbocycles. The summed E-state index contributed by atoms with van der Waals surface area (Å²) in [5, 5.41) is 27.1. The first kappa shape index (κ1) is 32.0. The van der Waals surface area contributed by atoms with Gasteiger partial charge in [0, 0.05) is 23.0 Å². The standard InChI is InChI=1S/C22H21N7O12S3/c1-22(2,20(35)36)41-28-14(9-6-43-21(23)26-9)16(32)27-15-11(29(18(15)33)44(37,38)39)5-40-19(34)10-7-42-17(25-10)8-3-12(30)13(31)4-24-8/h3-4,6-7,11,15,31H,5H2,1-2H3,(H2,23,26)(H,24,30)(H,27,32)(H,35,36)(H,37,38,39)/t11-,15+/m1/s1. The Labute approximate surface area is 253 Å². The van der Waals surface area contributed by atoms with Gasteiger partial charge in [0.2, 0.25) is 11.0 Å². The van der Waals surface area contributed by atoms with E-state index in [0.717, 1.165) is 48.8 Å². The average Bonchev–Trinajstić information content (AvgIpc) is 3.60. The molecule has 1 aliphatic rings. The van der Waals surface area contributed by atoms with Gasteiger partial charge >= 0.3 is 22.2 Å². The van der Waals surface area contributed by atoms with E-state index >= 15 is 0 Å². The molecular weight excluding hydrogens is 650 g/mol. The minimum atomic E-state index is -5.17. The molecule has 3 aromatic rings. The fraction of sp³-hybridized carbons (Fsp3) is 0.273. The maximum Gasteiger partial charge on any atom is 0.362 e. The number of ether oxygens (including phenoxy) is 1. The zero-order chi connectivity index (χ0) is 32.6. The number of pyridine rings is 1. The molecule has 0 bridgehead atoms. The molecule has 7 N–H and O–H groups in total. The van der Waals surface area contributed by atoms with E-state index in [4.69, 9.17) is 15.3 Å². The zero-order valence-electron chi connectivity index (χ0n) is 22.3. The fourth-order valence-corrected chi connectivity index (χ4v) is 5.63. The first-order valence-electron chi connectivity index (χ1n) is 11.9. The summed E-state index contributed by atoms with van der Waals surface area (Å²) in [7, 11) is -5.17. The number of aromatic hydroxyl groups is 1. The first-order chi connectivity index (χ1) is 20.5. The highest BCUT2D eigenvalue weighted by atomic mass is 32.2. The number of esters is 1. The molecule has 4 rings (SSSR count). The lowest BCUT2D eigenvalue weighted by Gasteiger charge is -2.43. The molecule has 22 heteroatoms. The van der Waals surface area contributed by atoms with Gasteiger partial charge < -0.3 is 35.8 Å². The van der Waals surface area contributed by atoms with Crippen LogP contribution in [-0.2, 0) is 34.3 Å². The second kappa shape index (κ2) is 12.0. The molecule has 4 heterocycles. The highest BCUT2D eigenvalue weighted by molar-refractivity contribution is 7.84. The number of aromatic nitrogens is 3. The van der Waals surface area contributed by atoms with Crippen LogP contribution in [0.15, 0.2) is 33.0 Å². The number of amides is 2. The summed E-state index contributed by atoms with van der Waals surface area (Å²) in [6.07, 6.45) is 1.03. The van der Waals surface area contributed by atoms with Crippen molar-refractivity contribution in [2.75, 3.05) is 12.3 Å². The smallest absolute Gasteiger partial charge is 0.362 e. The maximum absolute atomic E-state index is 13.1. The summed E-state index contributed by atoms with van der Waals surface area (Å²) in [6, 6.07) is -2.26. The maximum atomic E-state index is 13.1. The molecule has 1 fully saturated rings. The number of carboxylic acids is 1. The summed E-state index contributed by atoms with van der Waals surface area (Å²) >= 11 is 1.83. The van der Waals surface area contributed by atoms with Crippen LogP contribution in [0.25, 0.3) is 10.7 Å². The van der Waals surface area contributed by atoms with Gasteiger partial charge in [-0.05, 0) is 13.8 Å². The average molecular weight is 672 g/mol. The van der Waals surface area contributed by atoms with Crippen LogP contribution in [0.4, 0.5) is 5.13 Å². The van der Waals surface area contributed by atoms with E-state index in [0.29, 0.717) is 0 Å². The predicted octanol–water partition coefficient (Wildman–Crippen LogP) is -0.818. The number of carboxylic acid groups (broad SMARTS) is 1. The summed E-state index contributed by atoms with van der Waals surface area (Å²) in [6.45, 7) is 1.43. The normalized spacial score (nSPS) is 17.1. The number of nitrogens with one attached hydrogen (secondary N) is 2. The number of aliphatic carboxylic acids is 1. The number of H-pyrrole nitrogens is 1. The molecule has 1 saturated heterocycles. The Balaban J connectivity index is 1.52. The molecule has 1 aliphatic heterocycles. The minimum Gasteiger partial charge on any atom is -0.503 e. The van der Waals surface area contributed by atoms with Gasteiger partial charge in [-0.2, -0.15) is 8.42 Å². The van der Waals surface area contributed by atoms with Crippen LogP contribution in [0.5, 0.6) is 5.75 Å². The lowest BCUT2D eigenvalue weighted by molar-refractivity contribution is -0.161. The Morgan fingerprint density at radius 1 is 1.20 bits per heavy atom. The molecule has 19 nitrogen and oxygen atoms in total. The number of nitrogens with zero attached hydrogens (tertiary/aromatic N) is 4. The van der Waals surface area contributed by atoms with E-state index in [1.807, 2.05) is 0 Å². The number of nitrogens with two attached hydrogens (primary N) is 1. The topological polar surface area (TPSA) is 294 Å². The Hall–Kier alpha value is -4.93. The van der Waals surface area contributed by atoms with Crippen LogP contribution in [0.2, 0.25) is 0 Å².